The number of carbonyl (C=O) groups excluding carboxylic acids is 1. The zero-order valence-electron chi connectivity index (χ0n) is 12.6. The molecule has 0 aliphatic heterocycles. The molecule has 0 unspecified atom stereocenters. The summed E-state index contributed by atoms with van der Waals surface area (Å²) in [7, 11) is 4.04. The molecule has 4 nitrogen and oxygen atoms in total. The summed E-state index contributed by atoms with van der Waals surface area (Å²) >= 11 is 0. The summed E-state index contributed by atoms with van der Waals surface area (Å²) in [5.41, 5.74) is 0.570. The van der Waals surface area contributed by atoms with Crippen LogP contribution >= 0.6 is 0 Å². The number of nitrogens with zero attached hydrogens (tertiary/aromatic N) is 1. The molecule has 0 fully saturated rings. The molecular formula is C16H25NO3. The van der Waals surface area contributed by atoms with E-state index in [1.807, 2.05) is 27.1 Å². The average molecular weight is 279 g/mol. The van der Waals surface area contributed by atoms with E-state index in [1.54, 1.807) is 24.3 Å². The normalized spacial score (nSPS) is 14.1. The highest BCUT2D eigenvalue weighted by Crippen LogP contribution is 2.17. The molecule has 0 aliphatic rings. The maximum Gasteiger partial charge on any atom is 0.339 e. The molecule has 1 aromatic carbocycles. The van der Waals surface area contributed by atoms with Crippen molar-refractivity contribution in [2.45, 2.75) is 38.4 Å². The van der Waals surface area contributed by atoms with Crippen LogP contribution in [0, 0.1) is 0 Å². The Bertz CT molecular complexity index is 392. The topological polar surface area (TPSA) is 49.8 Å². The number of carbonyl (C=O) groups is 1. The lowest BCUT2D eigenvalue weighted by molar-refractivity contribution is -0.160. The first kappa shape index (κ1) is 16.7. The fourth-order valence-electron chi connectivity index (χ4n) is 1.98. The summed E-state index contributed by atoms with van der Waals surface area (Å²) in [6.45, 7) is 2.96. The van der Waals surface area contributed by atoms with Crippen molar-refractivity contribution in [2.24, 2.45) is 0 Å². The molecule has 4 heteroatoms. The Hall–Kier alpha value is -1.39. The molecule has 0 radical (unpaired) electrons. The zero-order valence-corrected chi connectivity index (χ0v) is 12.6. The van der Waals surface area contributed by atoms with E-state index in [1.165, 1.54) is 0 Å². The quantitative estimate of drug-likeness (QED) is 0.742. The summed E-state index contributed by atoms with van der Waals surface area (Å²) < 4.78 is 5.39. The fraction of sp³-hybridized carbons (Fsp3) is 0.562. The molecule has 1 aromatic rings. The number of aliphatic hydroxyl groups is 1. The Morgan fingerprint density at radius 3 is 2.50 bits per heavy atom. The molecule has 0 bridgehead atoms. The minimum Gasteiger partial charge on any atom is -0.460 e. The van der Waals surface area contributed by atoms with Gasteiger partial charge >= 0.3 is 5.97 Å². The summed E-state index contributed by atoms with van der Waals surface area (Å²) in [4.78, 5) is 14.0. The minimum atomic E-state index is -1.20. The molecule has 0 spiro atoms. The van der Waals surface area contributed by atoms with E-state index in [0.29, 0.717) is 5.56 Å². The molecular weight excluding hydrogens is 254 g/mol. The van der Waals surface area contributed by atoms with Crippen molar-refractivity contribution in [3.63, 3.8) is 0 Å². The van der Waals surface area contributed by atoms with Crippen LogP contribution in [0.5, 0.6) is 0 Å². The molecule has 1 rings (SSSR count). The Labute approximate surface area is 121 Å². The van der Waals surface area contributed by atoms with Gasteiger partial charge in [-0.15, -0.1) is 0 Å². The lowest BCUT2D eigenvalue weighted by Gasteiger charge is -2.19. The molecule has 112 valence electrons. The lowest BCUT2D eigenvalue weighted by atomic mass is 10.1. The van der Waals surface area contributed by atoms with Gasteiger partial charge in [0.05, 0.1) is 0 Å². The van der Waals surface area contributed by atoms with Gasteiger partial charge in [0.2, 0.25) is 0 Å². The van der Waals surface area contributed by atoms with E-state index in [2.05, 4.69) is 4.90 Å². The first-order valence-electron chi connectivity index (χ1n) is 7.12. The first-order valence-corrected chi connectivity index (χ1v) is 7.12. The van der Waals surface area contributed by atoms with Gasteiger partial charge in [-0.05, 0) is 45.5 Å². The third-order valence-electron chi connectivity index (χ3n) is 3.21. The van der Waals surface area contributed by atoms with Crippen LogP contribution in [0.1, 0.15) is 37.9 Å². The molecule has 0 saturated carbocycles. The number of hydrogen-bond donors (Lipinski definition) is 1. The van der Waals surface area contributed by atoms with E-state index in [-0.39, 0.29) is 6.10 Å². The van der Waals surface area contributed by atoms with Crippen LogP contribution in [0.15, 0.2) is 30.3 Å². The predicted octanol–water partition coefficient (Wildman–Crippen LogP) is 2.38. The van der Waals surface area contributed by atoms with Crippen LogP contribution in [-0.4, -0.2) is 42.7 Å². The molecule has 0 aliphatic carbocycles. The number of esters is 1. The predicted molar refractivity (Wildman–Crippen MR) is 79.4 cm³/mol. The number of benzene rings is 1. The smallest absolute Gasteiger partial charge is 0.339 e. The summed E-state index contributed by atoms with van der Waals surface area (Å²) in [6, 6.07) is 8.87. The number of hydrogen-bond acceptors (Lipinski definition) is 4. The van der Waals surface area contributed by atoms with Crippen LogP contribution in [0.4, 0.5) is 0 Å². The van der Waals surface area contributed by atoms with Gasteiger partial charge in [-0.3, -0.25) is 0 Å². The standard InChI is InChI=1S/C16H25NO3/c1-4-14(11-8-12-17(2)3)20-16(19)15(18)13-9-6-5-7-10-13/h5-7,9-10,14-15,18H,4,8,11-12H2,1-3H3/t14-,15-/m0/s1. The largest absolute Gasteiger partial charge is 0.460 e. The van der Waals surface area contributed by atoms with Crippen molar-refractivity contribution in [1.82, 2.24) is 4.90 Å². The fourth-order valence-corrected chi connectivity index (χ4v) is 1.98. The Morgan fingerprint density at radius 1 is 1.30 bits per heavy atom. The van der Waals surface area contributed by atoms with Gasteiger partial charge in [-0.25, -0.2) is 4.79 Å². The van der Waals surface area contributed by atoms with E-state index in [0.717, 1.165) is 25.8 Å². The lowest BCUT2D eigenvalue weighted by Crippen LogP contribution is -2.24. The molecule has 0 aromatic heterocycles. The highest BCUT2D eigenvalue weighted by molar-refractivity contribution is 5.76. The van der Waals surface area contributed by atoms with Crippen molar-refractivity contribution >= 4 is 5.97 Å². The van der Waals surface area contributed by atoms with Gasteiger partial charge in [-0.1, -0.05) is 37.3 Å². The van der Waals surface area contributed by atoms with E-state index < -0.39 is 12.1 Å². The van der Waals surface area contributed by atoms with Crippen molar-refractivity contribution in [2.75, 3.05) is 20.6 Å². The number of aliphatic hydroxyl groups excluding tert-OH is 1. The highest BCUT2D eigenvalue weighted by atomic mass is 16.6. The number of ether oxygens (including phenoxy) is 1. The van der Waals surface area contributed by atoms with Crippen LogP contribution in [0.25, 0.3) is 0 Å². The molecule has 0 amide bonds. The highest BCUT2D eigenvalue weighted by Gasteiger charge is 2.21. The van der Waals surface area contributed by atoms with Gasteiger partial charge < -0.3 is 14.7 Å². The van der Waals surface area contributed by atoms with Crippen LogP contribution < -0.4 is 0 Å². The average Bonchev–Trinajstić information content (AvgIpc) is 2.45. The van der Waals surface area contributed by atoms with Crippen LogP contribution in [-0.2, 0) is 9.53 Å². The van der Waals surface area contributed by atoms with E-state index in [4.69, 9.17) is 4.74 Å². The molecule has 0 heterocycles. The van der Waals surface area contributed by atoms with Gasteiger partial charge in [0.25, 0.3) is 0 Å². The second-order valence-corrected chi connectivity index (χ2v) is 5.23. The van der Waals surface area contributed by atoms with Crippen molar-refractivity contribution in [3.05, 3.63) is 35.9 Å². The Balaban J connectivity index is 2.46. The third-order valence-corrected chi connectivity index (χ3v) is 3.21. The third kappa shape index (κ3) is 5.72. The van der Waals surface area contributed by atoms with Crippen molar-refractivity contribution in [3.8, 4) is 0 Å². The monoisotopic (exact) mass is 279 g/mol. The molecule has 2 atom stereocenters. The van der Waals surface area contributed by atoms with Crippen LogP contribution in [0.2, 0.25) is 0 Å². The maximum absolute atomic E-state index is 11.9. The van der Waals surface area contributed by atoms with Gasteiger partial charge in [0.15, 0.2) is 6.10 Å². The van der Waals surface area contributed by atoms with Gasteiger partial charge in [-0.2, -0.15) is 0 Å². The Kier molecular flexibility index (Phi) is 7.26. The summed E-state index contributed by atoms with van der Waals surface area (Å²) in [5, 5.41) is 9.96. The van der Waals surface area contributed by atoms with E-state index >= 15 is 0 Å². The van der Waals surface area contributed by atoms with Crippen LogP contribution in [0.3, 0.4) is 0 Å². The van der Waals surface area contributed by atoms with Gasteiger partial charge in [0.1, 0.15) is 6.10 Å². The van der Waals surface area contributed by atoms with E-state index in [9.17, 15) is 9.90 Å². The minimum absolute atomic E-state index is 0.124. The second kappa shape index (κ2) is 8.72. The Morgan fingerprint density at radius 2 is 1.95 bits per heavy atom. The molecule has 0 saturated heterocycles. The van der Waals surface area contributed by atoms with Crippen molar-refractivity contribution in [1.29, 1.82) is 0 Å². The molecule has 1 N–H and O–H groups in total. The first-order chi connectivity index (χ1) is 9.54. The SMILES string of the molecule is CC[C@@H](CCCN(C)C)OC(=O)[C@@H](O)c1ccccc1. The maximum atomic E-state index is 11.9. The second-order valence-electron chi connectivity index (χ2n) is 5.23. The van der Waals surface area contributed by atoms with Gasteiger partial charge in [0, 0.05) is 0 Å². The van der Waals surface area contributed by atoms with Crippen molar-refractivity contribution < 1.29 is 14.6 Å². The summed E-state index contributed by atoms with van der Waals surface area (Å²) in [6.07, 6.45) is 1.24. The zero-order chi connectivity index (χ0) is 15.0. The number of rotatable bonds is 8. The molecule has 20 heavy (non-hydrogen) atoms. The summed E-state index contributed by atoms with van der Waals surface area (Å²) in [5.74, 6) is -0.562.